The molecule has 0 aliphatic rings. The number of quaternary nitrogens is 1. The summed E-state index contributed by atoms with van der Waals surface area (Å²) in [6, 6.07) is -0.761. The molecule has 1 amide bonds. The molecule has 0 fully saturated rings. The Labute approximate surface area is 487 Å². The molecule has 0 spiro atoms. The van der Waals surface area contributed by atoms with Crippen LogP contribution in [0, 0.1) is 0 Å². The molecule has 3 unspecified atom stereocenters. The number of hydrogen-bond donors (Lipinski definition) is 3. The molecule has 0 aromatic carbocycles. The van der Waals surface area contributed by atoms with Crippen molar-refractivity contribution < 1.29 is 32.9 Å². The van der Waals surface area contributed by atoms with Gasteiger partial charge in [0.2, 0.25) is 5.91 Å². The van der Waals surface area contributed by atoms with E-state index in [1.807, 2.05) is 21.1 Å². The summed E-state index contributed by atoms with van der Waals surface area (Å²) >= 11 is 0. The molecular weight excluding hydrogens is 984 g/mol. The number of amides is 1. The standard InChI is InChI=1S/C69H137N2O6P/c1-6-8-10-12-14-16-18-20-22-24-26-28-30-32-34-35-37-38-40-42-44-46-48-50-52-54-56-58-60-62-68(72)67(66-77-78(74,75)76-65-64-71(3,4)5)70-69(73)63-61-59-57-55-53-51-49-47-45-43-41-39-36-33-31-29-27-25-23-21-19-17-15-13-11-9-7-2/h19,21,25,27,67-68,72H,6-18,20,22-24,26,28-66H2,1-5H3,(H-,70,73,74,75)/p+1/b21-19-,27-25-. The van der Waals surface area contributed by atoms with Gasteiger partial charge in [-0.05, 0) is 44.9 Å². The first-order valence-corrected chi connectivity index (χ1v) is 36.2. The third kappa shape index (κ3) is 62.6. The molecule has 0 aromatic rings. The number of unbranched alkanes of at least 4 members (excludes halogenated alkanes) is 48. The van der Waals surface area contributed by atoms with E-state index in [1.165, 1.54) is 289 Å². The SMILES string of the molecule is CCCCCCC/C=C\C/C=C\CCCCCCCCCCCCCCCCCC(=O)NC(COP(=O)(O)OCC[N+](C)(C)C)C(O)CCCCCCCCCCCCCCCCCCCCCCCCCCCCCCC. The molecule has 0 aliphatic heterocycles. The van der Waals surface area contributed by atoms with Crippen LogP contribution in [0.2, 0.25) is 0 Å². The van der Waals surface area contributed by atoms with Crippen molar-refractivity contribution in [2.75, 3.05) is 40.9 Å². The van der Waals surface area contributed by atoms with Gasteiger partial charge in [0.15, 0.2) is 0 Å². The molecule has 3 N–H and O–H groups in total. The van der Waals surface area contributed by atoms with Crippen molar-refractivity contribution in [1.29, 1.82) is 0 Å². The van der Waals surface area contributed by atoms with Crippen molar-refractivity contribution in [3.8, 4) is 0 Å². The number of nitrogens with zero attached hydrogens (tertiary/aromatic N) is 1. The van der Waals surface area contributed by atoms with E-state index in [2.05, 4.69) is 43.5 Å². The molecule has 9 heteroatoms. The Hall–Kier alpha value is -1.02. The van der Waals surface area contributed by atoms with Gasteiger partial charge in [0.05, 0.1) is 39.9 Å². The summed E-state index contributed by atoms with van der Waals surface area (Å²) in [6.07, 6.45) is 78.5. The minimum absolute atomic E-state index is 0.0769. The van der Waals surface area contributed by atoms with Crippen LogP contribution in [0.1, 0.15) is 361 Å². The van der Waals surface area contributed by atoms with Gasteiger partial charge in [-0.1, -0.05) is 334 Å². The number of hydrogen-bond acceptors (Lipinski definition) is 5. The normalized spacial score (nSPS) is 13.8. The average Bonchev–Trinajstić information content (AvgIpc) is 3.41. The number of carbonyl (C=O) groups is 1. The highest BCUT2D eigenvalue weighted by molar-refractivity contribution is 7.47. The molecule has 0 saturated heterocycles. The predicted molar refractivity (Wildman–Crippen MR) is 342 cm³/mol. The smallest absolute Gasteiger partial charge is 0.391 e. The van der Waals surface area contributed by atoms with Gasteiger partial charge in [-0.3, -0.25) is 13.8 Å². The van der Waals surface area contributed by atoms with Gasteiger partial charge < -0.3 is 19.8 Å². The first kappa shape index (κ1) is 77.0. The lowest BCUT2D eigenvalue weighted by atomic mass is 10.0. The second-order valence-corrected chi connectivity index (χ2v) is 26.7. The highest BCUT2D eigenvalue weighted by Crippen LogP contribution is 2.43. The summed E-state index contributed by atoms with van der Waals surface area (Å²) in [4.78, 5) is 23.5. The second kappa shape index (κ2) is 60.6. The molecule has 8 nitrogen and oxygen atoms in total. The zero-order valence-corrected chi connectivity index (χ0v) is 54.1. The van der Waals surface area contributed by atoms with Gasteiger partial charge in [-0.15, -0.1) is 0 Å². The van der Waals surface area contributed by atoms with Crippen LogP contribution in [0.5, 0.6) is 0 Å². The van der Waals surface area contributed by atoms with E-state index in [1.54, 1.807) is 0 Å². The number of phosphoric acid groups is 1. The van der Waals surface area contributed by atoms with Gasteiger partial charge in [-0.2, -0.15) is 0 Å². The van der Waals surface area contributed by atoms with Crippen LogP contribution in [-0.4, -0.2) is 73.4 Å². The van der Waals surface area contributed by atoms with Gasteiger partial charge in [0.25, 0.3) is 0 Å². The number of phosphoric ester groups is 1. The largest absolute Gasteiger partial charge is 0.472 e. The number of allylic oxidation sites excluding steroid dienone is 4. The quantitative estimate of drug-likeness (QED) is 0.0243. The van der Waals surface area contributed by atoms with E-state index in [4.69, 9.17) is 9.05 Å². The Bertz CT molecular complexity index is 1320. The number of carbonyl (C=O) groups excluding carboxylic acids is 1. The fourth-order valence-corrected chi connectivity index (χ4v) is 11.5. The number of aliphatic hydroxyl groups is 1. The van der Waals surface area contributed by atoms with Crippen LogP contribution in [0.15, 0.2) is 24.3 Å². The van der Waals surface area contributed by atoms with Crippen LogP contribution in [0.25, 0.3) is 0 Å². The molecule has 464 valence electrons. The second-order valence-electron chi connectivity index (χ2n) is 25.3. The lowest BCUT2D eigenvalue weighted by Crippen LogP contribution is -2.46. The van der Waals surface area contributed by atoms with Crippen molar-refractivity contribution in [1.82, 2.24) is 5.32 Å². The van der Waals surface area contributed by atoms with Crippen LogP contribution >= 0.6 is 7.82 Å². The van der Waals surface area contributed by atoms with Crippen LogP contribution in [0.3, 0.4) is 0 Å². The van der Waals surface area contributed by atoms with E-state index in [-0.39, 0.29) is 19.1 Å². The first-order chi connectivity index (χ1) is 38.0. The Kier molecular flexibility index (Phi) is 59.8. The minimum atomic E-state index is -4.33. The fraction of sp³-hybridized carbons (Fsp3) is 0.928. The van der Waals surface area contributed by atoms with E-state index >= 15 is 0 Å². The summed E-state index contributed by atoms with van der Waals surface area (Å²) in [5.74, 6) is -0.137. The van der Waals surface area contributed by atoms with Crippen LogP contribution < -0.4 is 5.32 Å². The maximum atomic E-state index is 13.1. The lowest BCUT2D eigenvalue weighted by molar-refractivity contribution is -0.870. The number of likely N-dealkylation sites (N-methyl/N-ethyl adjacent to an activating group) is 1. The molecule has 0 heterocycles. The van der Waals surface area contributed by atoms with Crippen molar-refractivity contribution in [3.63, 3.8) is 0 Å². The fourth-order valence-electron chi connectivity index (χ4n) is 10.8. The highest BCUT2D eigenvalue weighted by atomic mass is 31.2. The Morgan fingerprint density at radius 2 is 0.731 bits per heavy atom. The molecule has 3 atom stereocenters. The predicted octanol–water partition coefficient (Wildman–Crippen LogP) is 21.9. The first-order valence-electron chi connectivity index (χ1n) is 34.7. The summed E-state index contributed by atoms with van der Waals surface area (Å²) in [5, 5.41) is 14.2. The number of nitrogens with one attached hydrogen (secondary N) is 1. The summed E-state index contributed by atoms with van der Waals surface area (Å²) in [5.41, 5.74) is 0. The van der Waals surface area contributed by atoms with E-state index in [9.17, 15) is 19.4 Å². The number of rotatable bonds is 65. The molecular formula is C69H138N2O6P+. The third-order valence-corrected chi connectivity index (χ3v) is 17.2. The maximum Gasteiger partial charge on any atom is 0.472 e. The van der Waals surface area contributed by atoms with Crippen LogP contribution in [0.4, 0.5) is 0 Å². The van der Waals surface area contributed by atoms with E-state index in [0.717, 1.165) is 44.9 Å². The maximum absolute atomic E-state index is 13.1. The third-order valence-electron chi connectivity index (χ3n) is 16.2. The van der Waals surface area contributed by atoms with Crippen LogP contribution in [-0.2, 0) is 18.4 Å². The summed E-state index contributed by atoms with van der Waals surface area (Å²) in [6.45, 7) is 4.94. The van der Waals surface area contributed by atoms with Gasteiger partial charge >= 0.3 is 7.82 Å². The van der Waals surface area contributed by atoms with Gasteiger partial charge in [-0.25, -0.2) is 4.57 Å². The highest BCUT2D eigenvalue weighted by Gasteiger charge is 2.28. The topological polar surface area (TPSA) is 105 Å². The van der Waals surface area contributed by atoms with Crippen molar-refractivity contribution >= 4 is 13.7 Å². The van der Waals surface area contributed by atoms with Gasteiger partial charge in [0.1, 0.15) is 13.2 Å². The molecule has 0 radical (unpaired) electrons. The zero-order valence-electron chi connectivity index (χ0n) is 53.2. The zero-order chi connectivity index (χ0) is 57.0. The minimum Gasteiger partial charge on any atom is -0.391 e. The molecule has 0 saturated carbocycles. The molecule has 0 aliphatic carbocycles. The van der Waals surface area contributed by atoms with E-state index < -0.39 is 20.0 Å². The van der Waals surface area contributed by atoms with E-state index in [0.29, 0.717) is 23.9 Å². The molecule has 0 bridgehead atoms. The Morgan fingerprint density at radius 1 is 0.436 bits per heavy atom. The Morgan fingerprint density at radius 3 is 1.05 bits per heavy atom. The number of aliphatic hydroxyl groups excluding tert-OH is 1. The van der Waals surface area contributed by atoms with Gasteiger partial charge in [0, 0.05) is 6.42 Å². The van der Waals surface area contributed by atoms with Crippen molar-refractivity contribution in [2.45, 2.75) is 373 Å². The monoisotopic (exact) mass is 1120 g/mol. The molecule has 0 rings (SSSR count). The van der Waals surface area contributed by atoms with Crippen molar-refractivity contribution in [2.24, 2.45) is 0 Å². The average molecular weight is 1120 g/mol. The Balaban J connectivity index is 4.02. The molecule has 0 aromatic heterocycles. The lowest BCUT2D eigenvalue weighted by Gasteiger charge is -2.26. The molecule has 78 heavy (non-hydrogen) atoms. The summed E-state index contributed by atoms with van der Waals surface area (Å²) in [7, 11) is 1.63. The summed E-state index contributed by atoms with van der Waals surface area (Å²) < 4.78 is 23.9. The van der Waals surface area contributed by atoms with Crippen molar-refractivity contribution in [3.05, 3.63) is 24.3 Å².